The summed E-state index contributed by atoms with van der Waals surface area (Å²) >= 11 is 6.00. The van der Waals surface area contributed by atoms with Crippen molar-refractivity contribution in [1.29, 1.82) is 0 Å². The molecule has 1 fully saturated rings. The smallest absolute Gasteiger partial charge is 0.259 e. The standard InChI is InChI=1S/C18H19ClFN3O3/c1-25-17-10-16(21)15(19)9-14(17)18(24)22-12-6-11(20)7-13(8-12)23-2-4-26-5-3-23/h6-10H,2-5,21H2,1H3,(H,22,24). The van der Waals surface area contributed by atoms with Gasteiger partial charge in [0.05, 0.1) is 36.6 Å². The summed E-state index contributed by atoms with van der Waals surface area (Å²) in [6.45, 7) is 2.50. The van der Waals surface area contributed by atoms with E-state index in [0.717, 1.165) is 0 Å². The van der Waals surface area contributed by atoms with Crippen molar-refractivity contribution in [2.75, 3.05) is 49.4 Å². The molecule has 0 unspecified atom stereocenters. The minimum atomic E-state index is -0.470. The number of nitrogen functional groups attached to an aromatic ring is 1. The molecule has 1 saturated heterocycles. The van der Waals surface area contributed by atoms with Crippen molar-refractivity contribution in [3.63, 3.8) is 0 Å². The molecule has 26 heavy (non-hydrogen) atoms. The second kappa shape index (κ2) is 7.80. The van der Waals surface area contributed by atoms with Gasteiger partial charge in [-0.05, 0) is 24.3 Å². The zero-order chi connectivity index (χ0) is 18.7. The average molecular weight is 380 g/mol. The van der Waals surface area contributed by atoms with Gasteiger partial charge in [0, 0.05) is 30.5 Å². The molecule has 1 heterocycles. The van der Waals surface area contributed by atoms with Crippen LogP contribution in [-0.2, 0) is 4.74 Å². The number of morpholine rings is 1. The van der Waals surface area contributed by atoms with Gasteiger partial charge in [0.1, 0.15) is 11.6 Å². The quantitative estimate of drug-likeness (QED) is 0.798. The van der Waals surface area contributed by atoms with E-state index in [9.17, 15) is 9.18 Å². The molecule has 0 bridgehead atoms. The largest absolute Gasteiger partial charge is 0.496 e. The number of nitrogens with zero attached hydrogens (tertiary/aromatic N) is 1. The highest BCUT2D eigenvalue weighted by atomic mass is 35.5. The molecule has 3 N–H and O–H groups in total. The third-order valence-electron chi connectivity index (χ3n) is 4.08. The Morgan fingerprint density at radius 1 is 1.27 bits per heavy atom. The van der Waals surface area contributed by atoms with Gasteiger partial charge in [0.2, 0.25) is 0 Å². The number of hydrogen-bond acceptors (Lipinski definition) is 5. The number of nitrogens with one attached hydrogen (secondary N) is 1. The Labute approximate surface area is 155 Å². The number of benzene rings is 2. The van der Waals surface area contributed by atoms with Gasteiger partial charge in [0.25, 0.3) is 5.91 Å². The zero-order valence-electron chi connectivity index (χ0n) is 14.2. The van der Waals surface area contributed by atoms with Crippen LogP contribution in [0.15, 0.2) is 30.3 Å². The number of rotatable bonds is 4. The number of amides is 1. The van der Waals surface area contributed by atoms with Crippen molar-refractivity contribution in [3.8, 4) is 5.75 Å². The Morgan fingerprint density at radius 3 is 2.69 bits per heavy atom. The Hall–Kier alpha value is -2.51. The fraction of sp³-hybridized carbons (Fsp3) is 0.278. The van der Waals surface area contributed by atoms with Crippen LogP contribution in [0.1, 0.15) is 10.4 Å². The van der Waals surface area contributed by atoms with Crippen molar-refractivity contribution in [2.24, 2.45) is 0 Å². The van der Waals surface area contributed by atoms with Gasteiger partial charge >= 0.3 is 0 Å². The molecular weight excluding hydrogens is 361 g/mol. The van der Waals surface area contributed by atoms with Crippen molar-refractivity contribution in [1.82, 2.24) is 0 Å². The zero-order valence-corrected chi connectivity index (χ0v) is 15.0. The number of ether oxygens (including phenoxy) is 2. The van der Waals surface area contributed by atoms with Crippen LogP contribution < -0.4 is 20.7 Å². The lowest BCUT2D eigenvalue weighted by atomic mass is 10.1. The Bertz CT molecular complexity index is 826. The molecule has 2 aromatic rings. The van der Waals surface area contributed by atoms with E-state index in [1.54, 1.807) is 6.07 Å². The number of hydrogen-bond donors (Lipinski definition) is 2. The fourth-order valence-corrected chi connectivity index (χ4v) is 2.93. The molecule has 3 rings (SSSR count). The summed E-state index contributed by atoms with van der Waals surface area (Å²) in [6.07, 6.45) is 0. The van der Waals surface area contributed by atoms with Crippen LogP contribution in [0.3, 0.4) is 0 Å². The summed E-state index contributed by atoms with van der Waals surface area (Å²) < 4.78 is 24.5. The molecule has 138 valence electrons. The van der Waals surface area contributed by atoms with E-state index in [0.29, 0.717) is 43.4 Å². The minimum Gasteiger partial charge on any atom is -0.496 e. The second-order valence-corrected chi connectivity index (χ2v) is 6.23. The van der Waals surface area contributed by atoms with Gasteiger partial charge in [-0.1, -0.05) is 11.6 Å². The van der Waals surface area contributed by atoms with Gasteiger partial charge < -0.3 is 25.4 Å². The molecule has 8 heteroatoms. The first-order chi connectivity index (χ1) is 12.5. The van der Waals surface area contributed by atoms with E-state index in [2.05, 4.69) is 5.32 Å². The first-order valence-electron chi connectivity index (χ1n) is 8.05. The summed E-state index contributed by atoms with van der Waals surface area (Å²) in [7, 11) is 1.43. The van der Waals surface area contributed by atoms with Crippen LogP contribution in [-0.4, -0.2) is 39.3 Å². The molecule has 6 nitrogen and oxygen atoms in total. The van der Waals surface area contributed by atoms with Crippen LogP contribution in [0.25, 0.3) is 0 Å². The van der Waals surface area contributed by atoms with Crippen LogP contribution in [0, 0.1) is 5.82 Å². The van der Waals surface area contributed by atoms with E-state index >= 15 is 0 Å². The van der Waals surface area contributed by atoms with Crippen molar-refractivity contribution in [2.45, 2.75) is 0 Å². The van der Waals surface area contributed by atoms with E-state index in [4.69, 9.17) is 26.8 Å². The van der Waals surface area contributed by atoms with Gasteiger partial charge in [-0.2, -0.15) is 0 Å². The molecular formula is C18H19ClFN3O3. The molecule has 1 amide bonds. The second-order valence-electron chi connectivity index (χ2n) is 5.83. The van der Waals surface area contributed by atoms with E-state index in [1.807, 2.05) is 4.90 Å². The minimum absolute atomic E-state index is 0.212. The number of carbonyl (C=O) groups is 1. The predicted octanol–water partition coefficient (Wildman–Crippen LogP) is 3.16. The number of methoxy groups -OCH3 is 1. The topological polar surface area (TPSA) is 76.8 Å². The molecule has 0 aromatic heterocycles. The van der Waals surface area contributed by atoms with E-state index in [1.165, 1.54) is 31.4 Å². The monoisotopic (exact) mass is 379 g/mol. The molecule has 0 radical (unpaired) electrons. The normalized spacial score (nSPS) is 14.2. The summed E-state index contributed by atoms with van der Waals surface area (Å²) in [6, 6.07) is 7.31. The summed E-state index contributed by atoms with van der Waals surface area (Å²) in [5, 5.41) is 2.92. The SMILES string of the molecule is COc1cc(N)c(Cl)cc1C(=O)Nc1cc(F)cc(N2CCOCC2)c1. The highest BCUT2D eigenvalue weighted by molar-refractivity contribution is 6.33. The van der Waals surface area contributed by atoms with Crippen LogP contribution in [0.4, 0.5) is 21.5 Å². The van der Waals surface area contributed by atoms with Crippen LogP contribution >= 0.6 is 11.6 Å². The first kappa shape index (κ1) is 18.3. The molecule has 1 aliphatic rings. The van der Waals surface area contributed by atoms with Crippen molar-refractivity contribution >= 4 is 34.6 Å². The Kier molecular flexibility index (Phi) is 5.49. The maximum Gasteiger partial charge on any atom is 0.259 e. The van der Waals surface area contributed by atoms with Crippen molar-refractivity contribution < 1.29 is 18.7 Å². The molecule has 0 atom stereocenters. The number of anilines is 3. The number of carbonyl (C=O) groups excluding carboxylic acids is 1. The van der Waals surface area contributed by atoms with Gasteiger partial charge in [-0.25, -0.2) is 4.39 Å². The van der Waals surface area contributed by atoms with E-state index < -0.39 is 11.7 Å². The third-order valence-corrected chi connectivity index (χ3v) is 4.41. The van der Waals surface area contributed by atoms with Crippen LogP contribution in [0.2, 0.25) is 5.02 Å². The average Bonchev–Trinajstić information content (AvgIpc) is 2.63. The lowest BCUT2D eigenvalue weighted by molar-refractivity contribution is 0.102. The number of halogens is 2. The first-order valence-corrected chi connectivity index (χ1v) is 8.43. The van der Waals surface area contributed by atoms with E-state index in [-0.39, 0.29) is 16.3 Å². The fourth-order valence-electron chi connectivity index (χ4n) is 2.76. The molecule has 0 aliphatic carbocycles. The predicted molar refractivity (Wildman–Crippen MR) is 99.8 cm³/mol. The summed E-state index contributed by atoms with van der Waals surface area (Å²) in [5.74, 6) is -0.622. The molecule has 0 saturated carbocycles. The maximum absolute atomic E-state index is 14.0. The number of nitrogens with two attached hydrogens (primary N) is 1. The van der Waals surface area contributed by atoms with Gasteiger partial charge in [0.15, 0.2) is 0 Å². The Morgan fingerprint density at radius 2 is 2.00 bits per heavy atom. The third kappa shape index (κ3) is 4.00. The summed E-state index contributed by atoms with van der Waals surface area (Å²) in [5.41, 5.74) is 7.27. The highest BCUT2D eigenvalue weighted by Gasteiger charge is 2.17. The lowest BCUT2D eigenvalue weighted by Gasteiger charge is -2.29. The summed E-state index contributed by atoms with van der Waals surface area (Å²) in [4.78, 5) is 14.6. The van der Waals surface area contributed by atoms with Gasteiger partial charge in [-0.15, -0.1) is 0 Å². The van der Waals surface area contributed by atoms with Crippen LogP contribution in [0.5, 0.6) is 5.75 Å². The molecule has 0 spiro atoms. The lowest BCUT2D eigenvalue weighted by Crippen LogP contribution is -2.36. The van der Waals surface area contributed by atoms with Crippen molar-refractivity contribution in [3.05, 3.63) is 46.7 Å². The molecule has 2 aromatic carbocycles. The van der Waals surface area contributed by atoms with Gasteiger partial charge in [-0.3, -0.25) is 4.79 Å². The Balaban J connectivity index is 1.85. The highest BCUT2D eigenvalue weighted by Crippen LogP contribution is 2.30. The maximum atomic E-state index is 14.0. The molecule has 1 aliphatic heterocycles.